The van der Waals surface area contributed by atoms with Crippen molar-refractivity contribution in [2.75, 3.05) is 33.2 Å². The minimum atomic E-state index is -4.74. The van der Waals surface area contributed by atoms with Crippen molar-refractivity contribution in [2.45, 2.75) is 41.1 Å². The number of hydrogen-bond donors (Lipinski definition) is 2. The molecule has 0 radical (unpaired) electrons. The van der Waals surface area contributed by atoms with Crippen molar-refractivity contribution in [1.82, 2.24) is 19.7 Å². The molecule has 1 amide bonds. The average molecular weight is 613 g/mol. The zero-order valence-electron chi connectivity index (χ0n) is 21.8. The largest absolute Gasteiger partial charge is 0.480 e. The highest BCUT2D eigenvalue weighted by molar-refractivity contribution is 7.91. The number of piperazine rings is 1. The molecule has 2 atom stereocenters. The van der Waals surface area contributed by atoms with Gasteiger partial charge in [0.05, 0.1) is 4.88 Å². The number of benzene rings is 1. The van der Waals surface area contributed by atoms with Crippen molar-refractivity contribution in [1.29, 1.82) is 0 Å². The van der Waals surface area contributed by atoms with E-state index in [-0.39, 0.29) is 27.1 Å². The predicted octanol–water partition coefficient (Wildman–Crippen LogP) is 3.42. The number of halogens is 3. The Morgan fingerprint density at radius 3 is 2.44 bits per heavy atom. The minimum absolute atomic E-state index is 0.0270. The topological polar surface area (TPSA) is 133 Å². The smallest absolute Gasteiger partial charge is 0.452 e. The molecule has 41 heavy (non-hydrogen) atoms. The first-order chi connectivity index (χ1) is 19.3. The van der Waals surface area contributed by atoms with Gasteiger partial charge in [0.1, 0.15) is 15.4 Å². The fraction of sp³-hybridized carbons (Fsp3) is 0.423. The molecule has 1 aliphatic heterocycles. The Morgan fingerprint density at radius 2 is 1.83 bits per heavy atom. The van der Waals surface area contributed by atoms with E-state index in [1.807, 2.05) is 24.1 Å². The Bertz CT molecular complexity index is 1550. The summed E-state index contributed by atoms with van der Waals surface area (Å²) in [5.74, 6) is -3.19. The Hall–Kier alpha value is -3.27. The zero-order chi connectivity index (χ0) is 29.6. The first kappa shape index (κ1) is 29.2. The number of carboxylic acid groups (broad SMARTS) is 1. The maximum atomic E-state index is 13.1. The van der Waals surface area contributed by atoms with Gasteiger partial charge in [-0.25, -0.2) is 8.42 Å². The lowest BCUT2D eigenvalue weighted by atomic mass is 10.0. The molecule has 220 valence electrons. The van der Waals surface area contributed by atoms with E-state index in [0.717, 1.165) is 18.7 Å². The molecule has 0 bridgehead atoms. The monoisotopic (exact) mass is 612 g/mol. The van der Waals surface area contributed by atoms with E-state index in [0.29, 0.717) is 48.9 Å². The number of aryl methyl sites for hydroxylation is 1. The summed E-state index contributed by atoms with van der Waals surface area (Å²) in [6.07, 6.45) is -3.82. The van der Waals surface area contributed by atoms with Gasteiger partial charge in [-0.3, -0.25) is 9.59 Å². The van der Waals surface area contributed by atoms with Gasteiger partial charge in [0, 0.05) is 44.6 Å². The van der Waals surface area contributed by atoms with Crippen molar-refractivity contribution in [3.63, 3.8) is 0 Å². The van der Waals surface area contributed by atoms with Crippen LogP contribution in [-0.4, -0.2) is 79.1 Å². The van der Waals surface area contributed by atoms with Gasteiger partial charge in [0.2, 0.25) is 11.7 Å². The van der Waals surface area contributed by atoms with Crippen LogP contribution in [0.4, 0.5) is 13.2 Å². The number of sulfonamides is 1. The van der Waals surface area contributed by atoms with E-state index in [2.05, 4.69) is 19.3 Å². The lowest BCUT2D eigenvalue weighted by molar-refractivity contribution is -0.155. The number of carboxylic acids is 1. The van der Waals surface area contributed by atoms with E-state index in [4.69, 9.17) is 0 Å². The Balaban J connectivity index is 1.23. The number of carbonyl (C=O) groups is 2. The molecule has 1 saturated heterocycles. The van der Waals surface area contributed by atoms with E-state index in [1.54, 1.807) is 12.1 Å². The Morgan fingerprint density at radius 1 is 1.15 bits per heavy atom. The van der Waals surface area contributed by atoms with Crippen LogP contribution in [0.25, 0.3) is 10.6 Å². The van der Waals surface area contributed by atoms with Gasteiger partial charge in [0.25, 0.3) is 10.0 Å². The van der Waals surface area contributed by atoms with Gasteiger partial charge in [0.15, 0.2) is 0 Å². The second-order valence-corrected chi connectivity index (χ2v) is 13.3. The lowest BCUT2D eigenvalue weighted by Crippen LogP contribution is -2.47. The van der Waals surface area contributed by atoms with Crippen LogP contribution in [0.3, 0.4) is 0 Å². The van der Waals surface area contributed by atoms with Crippen molar-refractivity contribution in [3.05, 3.63) is 59.4 Å². The standard InChI is InChI=1S/C26H27F3N4O6S2/c1-32-10-12-33(13-11-32)22(34)8-4-16-2-5-17(6-3-16)18-15-25(18,24(35)36)31-41(37,38)23-9-7-20(40-23)19-14-21(39-30-19)26(27,28)29/h2-3,5-7,9,14,18,31H,4,8,10-13,15H2,1H3,(H,35,36)/t18-,25+/m1/s1. The number of aromatic nitrogens is 1. The van der Waals surface area contributed by atoms with Gasteiger partial charge < -0.3 is 19.4 Å². The molecule has 1 saturated carbocycles. The molecule has 1 aromatic carbocycles. The molecule has 15 heteroatoms. The molecule has 2 aliphatic rings. The van der Waals surface area contributed by atoms with Crippen LogP contribution in [0.1, 0.15) is 35.6 Å². The van der Waals surface area contributed by atoms with Crippen LogP contribution in [0, 0.1) is 0 Å². The van der Waals surface area contributed by atoms with Crippen molar-refractivity contribution in [2.24, 2.45) is 0 Å². The quantitative estimate of drug-likeness (QED) is 0.376. The zero-order valence-corrected chi connectivity index (χ0v) is 23.5. The van der Waals surface area contributed by atoms with Gasteiger partial charge in [-0.15, -0.1) is 11.3 Å². The molecule has 10 nitrogen and oxygen atoms in total. The van der Waals surface area contributed by atoms with Crippen LogP contribution >= 0.6 is 11.3 Å². The summed E-state index contributed by atoms with van der Waals surface area (Å²) in [5.41, 5.74) is -0.407. The fourth-order valence-corrected chi connectivity index (χ4v) is 7.52. The number of aliphatic carboxylic acids is 1. The van der Waals surface area contributed by atoms with Gasteiger partial charge in [-0.2, -0.15) is 17.9 Å². The molecule has 2 N–H and O–H groups in total. The van der Waals surface area contributed by atoms with E-state index < -0.39 is 39.4 Å². The first-order valence-corrected chi connectivity index (χ1v) is 15.0. The summed E-state index contributed by atoms with van der Waals surface area (Å²) in [4.78, 5) is 28.9. The van der Waals surface area contributed by atoms with Crippen LogP contribution in [0.2, 0.25) is 0 Å². The molecule has 3 aromatic rings. The van der Waals surface area contributed by atoms with Gasteiger partial charge in [-0.05, 0) is 43.1 Å². The summed E-state index contributed by atoms with van der Waals surface area (Å²) in [7, 11) is -2.31. The highest BCUT2D eigenvalue weighted by Crippen LogP contribution is 2.52. The Labute approximate surface area is 237 Å². The number of carbonyl (C=O) groups excluding carboxylic acids is 1. The van der Waals surface area contributed by atoms with Crippen molar-refractivity contribution < 1.29 is 40.8 Å². The van der Waals surface area contributed by atoms with Crippen LogP contribution in [-0.2, 0) is 32.2 Å². The molecule has 1 aliphatic carbocycles. The number of nitrogens with zero attached hydrogens (tertiary/aromatic N) is 3. The minimum Gasteiger partial charge on any atom is -0.480 e. The third-order valence-corrected chi connectivity index (χ3v) is 10.5. The SMILES string of the molecule is CN1CCN(C(=O)CCc2ccc([C@H]3C[C@@]3(NS(=O)(=O)c3ccc(-c4cc(C(F)(F)F)on4)s3)C(=O)O)cc2)CC1. The normalized spacial score (nSPS) is 21.7. The molecule has 0 unspecified atom stereocenters. The van der Waals surface area contributed by atoms with E-state index in [1.165, 1.54) is 12.1 Å². The predicted molar refractivity (Wildman–Crippen MR) is 142 cm³/mol. The number of nitrogens with one attached hydrogen (secondary N) is 1. The number of rotatable bonds is 9. The third kappa shape index (κ3) is 6.17. The van der Waals surface area contributed by atoms with E-state index >= 15 is 0 Å². The lowest BCUT2D eigenvalue weighted by Gasteiger charge is -2.32. The molecule has 3 heterocycles. The highest BCUT2D eigenvalue weighted by Gasteiger charge is 2.63. The van der Waals surface area contributed by atoms with Crippen molar-refractivity contribution in [3.8, 4) is 10.6 Å². The number of amides is 1. The van der Waals surface area contributed by atoms with E-state index in [9.17, 15) is 36.3 Å². The molecular weight excluding hydrogens is 585 g/mol. The number of hydrogen-bond acceptors (Lipinski definition) is 8. The van der Waals surface area contributed by atoms with Gasteiger partial charge in [-0.1, -0.05) is 29.4 Å². The third-order valence-electron chi connectivity index (χ3n) is 7.41. The molecular formula is C26H27F3N4O6S2. The fourth-order valence-electron chi connectivity index (χ4n) is 4.86. The number of likely N-dealkylation sites (N-methyl/N-ethyl adjacent to an activating group) is 1. The summed E-state index contributed by atoms with van der Waals surface area (Å²) < 4.78 is 71.0. The molecule has 2 aromatic heterocycles. The number of alkyl halides is 3. The molecule has 2 fully saturated rings. The summed E-state index contributed by atoms with van der Waals surface area (Å²) >= 11 is 0.648. The average Bonchev–Trinajstić information content (AvgIpc) is 3.27. The Kier molecular flexibility index (Phi) is 7.74. The van der Waals surface area contributed by atoms with Crippen LogP contribution in [0.15, 0.2) is 51.2 Å². The highest BCUT2D eigenvalue weighted by atomic mass is 32.2. The first-order valence-electron chi connectivity index (χ1n) is 12.8. The van der Waals surface area contributed by atoms with Crippen LogP contribution in [0.5, 0.6) is 0 Å². The van der Waals surface area contributed by atoms with Crippen LogP contribution < -0.4 is 4.72 Å². The maximum Gasteiger partial charge on any atom is 0.452 e. The summed E-state index contributed by atoms with van der Waals surface area (Å²) in [6, 6.07) is 10.2. The molecule has 5 rings (SSSR count). The second kappa shape index (κ2) is 10.9. The van der Waals surface area contributed by atoms with Gasteiger partial charge >= 0.3 is 12.1 Å². The maximum absolute atomic E-state index is 13.1. The summed E-state index contributed by atoms with van der Waals surface area (Å²) in [6.45, 7) is 3.09. The summed E-state index contributed by atoms with van der Waals surface area (Å²) in [5, 5.41) is 13.3. The number of thiophene rings is 1. The second-order valence-electron chi connectivity index (χ2n) is 10.3. The molecule has 0 spiro atoms. The van der Waals surface area contributed by atoms with Crippen molar-refractivity contribution >= 4 is 33.2 Å².